The first kappa shape index (κ1) is 36.8. The molecule has 10 aromatic carbocycles. The Balaban J connectivity index is 1.000. The van der Waals surface area contributed by atoms with E-state index in [1.54, 1.807) is 0 Å². The lowest BCUT2D eigenvalue weighted by Crippen LogP contribution is -1.96. The Bertz CT molecular complexity index is 3230. The molecule has 0 atom stereocenters. The van der Waals surface area contributed by atoms with E-state index in [4.69, 9.17) is 9.97 Å². The molecule has 0 fully saturated rings. The highest BCUT2D eigenvalue weighted by Crippen LogP contribution is 2.38. The number of aromatic nitrogens is 2. The van der Waals surface area contributed by atoms with Gasteiger partial charge in [-0.2, -0.15) is 0 Å². The molecule has 2 heteroatoms. The van der Waals surface area contributed by atoms with E-state index < -0.39 is 0 Å². The highest BCUT2D eigenvalue weighted by Gasteiger charge is 2.16. The summed E-state index contributed by atoms with van der Waals surface area (Å²) in [6, 6.07) is 86.7. The molecule has 0 amide bonds. The second-order valence-corrected chi connectivity index (χ2v) is 15.8. The van der Waals surface area contributed by atoms with Crippen molar-refractivity contribution in [3.63, 3.8) is 0 Å². The summed E-state index contributed by atoms with van der Waals surface area (Å²) in [6.07, 6.45) is 0. The summed E-state index contributed by atoms with van der Waals surface area (Å²) in [6.45, 7) is 0. The van der Waals surface area contributed by atoms with Crippen LogP contribution in [0.4, 0.5) is 0 Å². The molecule has 11 rings (SSSR count). The topological polar surface area (TPSA) is 25.8 Å². The number of hydrogen-bond acceptors (Lipinski definition) is 2. The van der Waals surface area contributed by atoms with Crippen molar-refractivity contribution < 1.29 is 0 Å². The number of benzene rings is 10. The van der Waals surface area contributed by atoms with Gasteiger partial charge in [0.15, 0.2) is 5.82 Å². The van der Waals surface area contributed by atoms with Gasteiger partial charge < -0.3 is 0 Å². The van der Waals surface area contributed by atoms with E-state index in [-0.39, 0.29) is 0 Å². The molecule has 11 aromatic rings. The summed E-state index contributed by atoms with van der Waals surface area (Å²) in [7, 11) is 0. The quantitative estimate of drug-likeness (QED) is 0.143. The van der Waals surface area contributed by atoms with Gasteiger partial charge in [0.05, 0.1) is 11.2 Å². The summed E-state index contributed by atoms with van der Waals surface area (Å²) >= 11 is 0. The van der Waals surface area contributed by atoms with Gasteiger partial charge in [0.25, 0.3) is 0 Å². The van der Waals surface area contributed by atoms with Gasteiger partial charge in [-0.05, 0) is 115 Å². The number of fused-ring (bicyclic) bond motifs is 3. The maximum absolute atomic E-state index is 5.36. The fraction of sp³-hybridized carbons (Fsp3) is 0. The van der Waals surface area contributed by atoms with Crippen molar-refractivity contribution in [1.29, 1.82) is 0 Å². The third kappa shape index (κ3) is 7.25. The Morgan fingerprint density at radius 2 is 0.548 bits per heavy atom. The molecule has 0 spiro atoms. The molecule has 0 saturated carbocycles. The van der Waals surface area contributed by atoms with E-state index in [1.807, 2.05) is 0 Å². The minimum absolute atomic E-state index is 0.700. The van der Waals surface area contributed by atoms with E-state index >= 15 is 0 Å². The van der Waals surface area contributed by atoms with Gasteiger partial charge in [0, 0.05) is 21.9 Å². The van der Waals surface area contributed by atoms with Crippen LogP contribution in [0.5, 0.6) is 0 Å². The van der Waals surface area contributed by atoms with Crippen LogP contribution in [0.2, 0.25) is 0 Å². The number of nitrogens with zero attached hydrogens (tertiary/aromatic N) is 2. The molecule has 2 nitrogen and oxygen atoms in total. The van der Waals surface area contributed by atoms with Crippen LogP contribution in [-0.2, 0) is 0 Å². The van der Waals surface area contributed by atoms with Gasteiger partial charge in [-0.15, -0.1) is 0 Å². The fourth-order valence-corrected chi connectivity index (χ4v) is 8.62. The Hall–Kier alpha value is -8.20. The predicted molar refractivity (Wildman–Crippen MR) is 261 cm³/mol. The molecule has 0 aliphatic heterocycles. The smallest absolute Gasteiger partial charge is 0.160 e. The maximum Gasteiger partial charge on any atom is 0.160 e. The Morgan fingerprint density at radius 1 is 0.210 bits per heavy atom. The minimum Gasteiger partial charge on any atom is -0.227 e. The molecule has 0 bridgehead atoms. The monoisotopic (exact) mass is 788 g/mol. The zero-order valence-corrected chi connectivity index (χ0v) is 34.0. The maximum atomic E-state index is 5.36. The van der Waals surface area contributed by atoms with E-state index in [0.717, 1.165) is 55.2 Å². The molecule has 1 heterocycles. The van der Waals surface area contributed by atoms with Gasteiger partial charge in [0.2, 0.25) is 0 Å². The summed E-state index contributed by atoms with van der Waals surface area (Å²) < 4.78 is 0. The van der Waals surface area contributed by atoms with Crippen molar-refractivity contribution in [1.82, 2.24) is 9.97 Å². The standard InChI is InChI=1S/C60H40N2/c1-5-15-41(16-6-1)50-35-51(42-17-7-2-8-18-42)38-54(37-50)45-25-29-48(30-26-45)58-57-34-33-47-23-13-14-24-56(47)59(57)62-60(61-58)49-31-27-46(28-32-49)55-39-52(43-19-9-3-10-20-43)36-53(40-55)44-21-11-4-12-22-44/h1-40H. The van der Waals surface area contributed by atoms with Gasteiger partial charge in [-0.25, -0.2) is 9.97 Å². The van der Waals surface area contributed by atoms with E-state index in [9.17, 15) is 0 Å². The molecular weight excluding hydrogens is 749 g/mol. The van der Waals surface area contributed by atoms with Crippen LogP contribution in [0.15, 0.2) is 243 Å². The lowest BCUT2D eigenvalue weighted by Gasteiger charge is -2.14. The highest BCUT2D eigenvalue weighted by molar-refractivity contribution is 6.09. The molecule has 0 aliphatic rings. The van der Waals surface area contributed by atoms with Crippen molar-refractivity contribution in [3.8, 4) is 89.4 Å². The van der Waals surface area contributed by atoms with Crippen LogP contribution in [-0.4, -0.2) is 9.97 Å². The normalized spacial score (nSPS) is 11.2. The Morgan fingerprint density at radius 3 is 0.968 bits per heavy atom. The van der Waals surface area contributed by atoms with Crippen molar-refractivity contribution in [2.75, 3.05) is 0 Å². The molecule has 0 radical (unpaired) electrons. The van der Waals surface area contributed by atoms with Gasteiger partial charge in [-0.3, -0.25) is 0 Å². The van der Waals surface area contributed by atoms with E-state index in [2.05, 4.69) is 243 Å². The van der Waals surface area contributed by atoms with Crippen LogP contribution in [0, 0.1) is 0 Å². The summed E-state index contributed by atoms with van der Waals surface area (Å²) in [5.74, 6) is 0.700. The molecule has 62 heavy (non-hydrogen) atoms. The number of rotatable bonds is 8. The van der Waals surface area contributed by atoms with Crippen LogP contribution in [0.3, 0.4) is 0 Å². The first-order valence-corrected chi connectivity index (χ1v) is 21.1. The third-order valence-electron chi connectivity index (χ3n) is 11.9. The summed E-state index contributed by atoms with van der Waals surface area (Å²) in [5.41, 5.74) is 18.0. The Labute approximate surface area is 362 Å². The van der Waals surface area contributed by atoms with Gasteiger partial charge >= 0.3 is 0 Å². The van der Waals surface area contributed by atoms with Crippen LogP contribution in [0.1, 0.15) is 0 Å². The minimum atomic E-state index is 0.700. The summed E-state index contributed by atoms with van der Waals surface area (Å²) in [4.78, 5) is 10.7. The van der Waals surface area contributed by atoms with Crippen molar-refractivity contribution in [2.45, 2.75) is 0 Å². The average molecular weight is 789 g/mol. The first-order valence-electron chi connectivity index (χ1n) is 21.1. The van der Waals surface area contributed by atoms with Crippen LogP contribution >= 0.6 is 0 Å². The molecule has 1 aromatic heterocycles. The second-order valence-electron chi connectivity index (χ2n) is 15.8. The molecule has 0 unspecified atom stereocenters. The largest absolute Gasteiger partial charge is 0.227 e. The lowest BCUT2D eigenvalue weighted by atomic mass is 9.92. The van der Waals surface area contributed by atoms with E-state index in [1.165, 1.54) is 50.1 Å². The van der Waals surface area contributed by atoms with Gasteiger partial charge in [-0.1, -0.05) is 200 Å². The van der Waals surface area contributed by atoms with Crippen molar-refractivity contribution in [2.24, 2.45) is 0 Å². The number of hydrogen-bond donors (Lipinski definition) is 0. The van der Waals surface area contributed by atoms with Gasteiger partial charge in [0.1, 0.15) is 0 Å². The lowest BCUT2D eigenvalue weighted by molar-refractivity contribution is 1.23. The predicted octanol–water partition coefficient (Wildman–Crippen LogP) is 16.1. The molecule has 290 valence electrons. The fourth-order valence-electron chi connectivity index (χ4n) is 8.62. The second kappa shape index (κ2) is 16.1. The Kier molecular flexibility index (Phi) is 9.57. The highest BCUT2D eigenvalue weighted by atomic mass is 14.9. The van der Waals surface area contributed by atoms with Crippen molar-refractivity contribution in [3.05, 3.63) is 243 Å². The van der Waals surface area contributed by atoms with E-state index in [0.29, 0.717) is 5.82 Å². The van der Waals surface area contributed by atoms with Crippen molar-refractivity contribution >= 4 is 21.7 Å². The van der Waals surface area contributed by atoms with Crippen LogP contribution < -0.4 is 0 Å². The summed E-state index contributed by atoms with van der Waals surface area (Å²) in [5, 5.41) is 3.29. The molecule has 0 saturated heterocycles. The zero-order valence-electron chi connectivity index (χ0n) is 34.0. The zero-order chi connectivity index (χ0) is 41.2. The first-order chi connectivity index (χ1) is 30.7. The molecule has 0 N–H and O–H groups in total. The third-order valence-corrected chi connectivity index (χ3v) is 11.9. The SMILES string of the molecule is c1ccc(-c2cc(-c3ccccc3)cc(-c3ccc(-c4nc(-c5ccc(-c6cc(-c7ccccc7)cc(-c7ccccc7)c6)cc5)c5ccc6ccccc6c5n4)cc3)c2)cc1. The van der Waals surface area contributed by atoms with Crippen LogP contribution in [0.25, 0.3) is 111 Å². The molecule has 0 aliphatic carbocycles. The molecular formula is C60H40N2. The average Bonchev–Trinajstić information content (AvgIpc) is 3.37.